The van der Waals surface area contributed by atoms with Gasteiger partial charge >= 0.3 is 0 Å². The van der Waals surface area contributed by atoms with Crippen LogP contribution in [0.5, 0.6) is 11.5 Å². The Morgan fingerprint density at radius 1 is 0.828 bits per heavy atom. The molecule has 0 fully saturated rings. The van der Waals surface area contributed by atoms with E-state index in [2.05, 4.69) is 5.32 Å². The molecule has 0 aliphatic rings. The fourth-order valence-electron chi connectivity index (χ4n) is 2.41. The van der Waals surface area contributed by atoms with Crippen LogP contribution in [0.1, 0.15) is 32.3 Å². The zero-order valence-corrected chi connectivity index (χ0v) is 15.9. The van der Waals surface area contributed by atoms with E-state index in [-0.39, 0.29) is 5.69 Å². The van der Waals surface area contributed by atoms with Crippen LogP contribution in [0.25, 0.3) is 0 Å². The summed E-state index contributed by atoms with van der Waals surface area (Å²) in [4.78, 5) is 12.1. The Morgan fingerprint density at radius 3 is 1.90 bits per heavy atom. The van der Waals surface area contributed by atoms with Gasteiger partial charge in [0.2, 0.25) is 11.7 Å². The third-order valence-corrected chi connectivity index (χ3v) is 3.79. The van der Waals surface area contributed by atoms with Gasteiger partial charge in [0.05, 0.1) is 19.6 Å². The monoisotopic (exact) mass is 417 g/mol. The Balaban J connectivity index is 2.21. The summed E-state index contributed by atoms with van der Waals surface area (Å²) in [5.41, 5.74) is -0.988. The minimum atomic E-state index is -2.27. The van der Waals surface area contributed by atoms with Gasteiger partial charge in [-0.3, -0.25) is 4.79 Å². The molecule has 29 heavy (non-hydrogen) atoms. The maximum absolute atomic E-state index is 13.7. The number of rotatable bonds is 9. The summed E-state index contributed by atoms with van der Waals surface area (Å²) in [6, 6.07) is 4.48. The van der Waals surface area contributed by atoms with Gasteiger partial charge in [-0.25, -0.2) is 22.0 Å². The zero-order chi connectivity index (χ0) is 21.6. The first-order chi connectivity index (χ1) is 13.8. The third kappa shape index (κ3) is 5.36. The number of amides is 1. The van der Waals surface area contributed by atoms with Crippen molar-refractivity contribution in [1.29, 1.82) is 0 Å². The standard InChI is InChI=1S/C20H20F5NO3/c1-3-7-28-13-6-5-11(9-14(13)29-8-4-2)26-15(27)10-12-16(21)18(23)20(25)19(24)17(12)22/h5-6,9H,3-4,7-8,10H2,1-2H3,(H,26,27). The molecule has 4 nitrogen and oxygen atoms in total. The number of carbonyl (C=O) groups excluding carboxylic acids is 1. The number of carbonyl (C=O) groups is 1. The molecular weight excluding hydrogens is 397 g/mol. The maximum atomic E-state index is 13.7. The van der Waals surface area contributed by atoms with Crippen LogP contribution in [0.2, 0.25) is 0 Å². The molecule has 2 aromatic rings. The summed E-state index contributed by atoms with van der Waals surface area (Å²) < 4.78 is 78.2. The topological polar surface area (TPSA) is 47.6 Å². The second-order valence-corrected chi connectivity index (χ2v) is 6.13. The summed E-state index contributed by atoms with van der Waals surface area (Å²) in [6.45, 7) is 4.68. The normalized spacial score (nSPS) is 10.7. The van der Waals surface area contributed by atoms with E-state index in [4.69, 9.17) is 9.47 Å². The summed E-state index contributed by atoms with van der Waals surface area (Å²) in [5, 5.41) is 2.35. The molecule has 1 N–H and O–H groups in total. The van der Waals surface area contributed by atoms with E-state index in [1.165, 1.54) is 12.1 Å². The van der Waals surface area contributed by atoms with Crippen molar-refractivity contribution in [3.8, 4) is 11.5 Å². The van der Waals surface area contributed by atoms with E-state index in [1.807, 2.05) is 13.8 Å². The van der Waals surface area contributed by atoms with E-state index in [1.54, 1.807) is 6.07 Å². The van der Waals surface area contributed by atoms with Crippen LogP contribution in [-0.4, -0.2) is 19.1 Å². The van der Waals surface area contributed by atoms with Gasteiger partial charge in [0.1, 0.15) is 0 Å². The number of hydrogen-bond acceptors (Lipinski definition) is 3. The summed E-state index contributed by atoms with van der Waals surface area (Å²) in [5.74, 6) is -10.7. The van der Waals surface area contributed by atoms with Crippen LogP contribution in [0.15, 0.2) is 18.2 Å². The highest BCUT2D eigenvalue weighted by Gasteiger charge is 2.27. The van der Waals surface area contributed by atoms with Gasteiger partial charge in [0.25, 0.3) is 0 Å². The van der Waals surface area contributed by atoms with E-state index in [0.29, 0.717) is 24.7 Å². The molecule has 0 aromatic heterocycles. The lowest BCUT2D eigenvalue weighted by Crippen LogP contribution is -2.18. The van der Waals surface area contributed by atoms with E-state index < -0.39 is 47.0 Å². The number of hydrogen-bond donors (Lipinski definition) is 1. The number of ether oxygens (including phenoxy) is 2. The van der Waals surface area contributed by atoms with Gasteiger partial charge in [-0.15, -0.1) is 0 Å². The van der Waals surface area contributed by atoms with Crippen LogP contribution >= 0.6 is 0 Å². The maximum Gasteiger partial charge on any atom is 0.229 e. The molecule has 0 aliphatic carbocycles. The van der Waals surface area contributed by atoms with Crippen molar-refractivity contribution in [3.05, 3.63) is 52.8 Å². The quantitative estimate of drug-likeness (QED) is 0.349. The Hall–Kier alpha value is -2.84. The molecule has 0 spiro atoms. The number of nitrogens with one attached hydrogen (secondary N) is 1. The molecule has 0 heterocycles. The first-order valence-electron chi connectivity index (χ1n) is 8.99. The van der Waals surface area contributed by atoms with Crippen molar-refractivity contribution in [2.45, 2.75) is 33.1 Å². The van der Waals surface area contributed by atoms with E-state index >= 15 is 0 Å². The summed E-state index contributed by atoms with van der Waals surface area (Å²) >= 11 is 0. The van der Waals surface area contributed by atoms with Gasteiger partial charge < -0.3 is 14.8 Å². The Kier molecular flexibility index (Phi) is 7.81. The first-order valence-corrected chi connectivity index (χ1v) is 8.99. The summed E-state index contributed by atoms with van der Waals surface area (Å²) in [7, 11) is 0. The molecule has 158 valence electrons. The predicted molar refractivity (Wildman–Crippen MR) is 96.6 cm³/mol. The molecule has 0 unspecified atom stereocenters. The minimum Gasteiger partial charge on any atom is -0.490 e. The number of anilines is 1. The molecule has 2 aromatic carbocycles. The van der Waals surface area contributed by atoms with Crippen molar-refractivity contribution in [2.24, 2.45) is 0 Å². The van der Waals surface area contributed by atoms with Crippen LogP contribution < -0.4 is 14.8 Å². The van der Waals surface area contributed by atoms with Crippen molar-refractivity contribution in [3.63, 3.8) is 0 Å². The zero-order valence-electron chi connectivity index (χ0n) is 15.9. The minimum absolute atomic E-state index is 0.217. The van der Waals surface area contributed by atoms with Gasteiger partial charge in [-0.2, -0.15) is 0 Å². The van der Waals surface area contributed by atoms with E-state index in [0.717, 1.165) is 12.8 Å². The Morgan fingerprint density at radius 2 is 1.34 bits per heavy atom. The molecule has 2 rings (SSSR count). The molecule has 1 amide bonds. The lowest BCUT2D eigenvalue weighted by atomic mass is 10.1. The van der Waals surface area contributed by atoms with Crippen molar-refractivity contribution in [1.82, 2.24) is 0 Å². The predicted octanol–water partition coefficient (Wildman–Crippen LogP) is 5.14. The van der Waals surface area contributed by atoms with Gasteiger partial charge in [0, 0.05) is 17.3 Å². The molecule has 0 saturated heterocycles. The van der Waals surface area contributed by atoms with Crippen LogP contribution in [-0.2, 0) is 11.2 Å². The van der Waals surface area contributed by atoms with Crippen molar-refractivity contribution in [2.75, 3.05) is 18.5 Å². The average molecular weight is 417 g/mol. The molecule has 0 radical (unpaired) electrons. The highest BCUT2D eigenvalue weighted by atomic mass is 19.2. The molecule has 0 bridgehead atoms. The molecule has 0 atom stereocenters. The average Bonchev–Trinajstić information content (AvgIpc) is 2.71. The molecule has 9 heteroatoms. The van der Waals surface area contributed by atoms with E-state index in [9.17, 15) is 26.7 Å². The van der Waals surface area contributed by atoms with Gasteiger partial charge in [0.15, 0.2) is 34.8 Å². The van der Waals surface area contributed by atoms with Gasteiger partial charge in [-0.1, -0.05) is 13.8 Å². The van der Waals surface area contributed by atoms with Crippen LogP contribution in [0, 0.1) is 29.1 Å². The Bertz CT molecular complexity index is 860. The first kappa shape index (κ1) is 22.4. The highest BCUT2D eigenvalue weighted by Crippen LogP contribution is 2.31. The van der Waals surface area contributed by atoms with Crippen LogP contribution in [0.3, 0.4) is 0 Å². The largest absolute Gasteiger partial charge is 0.490 e. The highest BCUT2D eigenvalue weighted by molar-refractivity contribution is 5.92. The summed E-state index contributed by atoms with van der Waals surface area (Å²) in [6.07, 6.45) is 0.461. The fourth-order valence-corrected chi connectivity index (χ4v) is 2.41. The van der Waals surface area contributed by atoms with Crippen LogP contribution in [0.4, 0.5) is 27.6 Å². The SMILES string of the molecule is CCCOc1ccc(NC(=O)Cc2c(F)c(F)c(F)c(F)c2F)cc1OCCC. The fraction of sp³-hybridized carbons (Fsp3) is 0.350. The lowest BCUT2D eigenvalue weighted by molar-refractivity contribution is -0.115. The lowest BCUT2D eigenvalue weighted by Gasteiger charge is -2.14. The smallest absolute Gasteiger partial charge is 0.229 e. The second kappa shape index (κ2) is 10.1. The van der Waals surface area contributed by atoms with Gasteiger partial charge in [-0.05, 0) is 25.0 Å². The Labute approximate surface area is 164 Å². The number of benzene rings is 2. The van der Waals surface area contributed by atoms with Crippen molar-refractivity contribution >= 4 is 11.6 Å². The second-order valence-electron chi connectivity index (χ2n) is 6.13. The molecule has 0 saturated carbocycles. The van der Waals surface area contributed by atoms with Crippen molar-refractivity contribution < 1.29 is 36.2 Å². The molecular formula is C20H20F5NO3. The molecule has 0 aliphatic heterocycles. The third-order valence-electron chi connectivity index (χ3n) is 3.79. The number of halogens is 5.